The molecule has 7 nitrogen and oxygen atoms in total. The normalized spacial score (nSPS) is 15.2. The molecule has 3 heterocycles. The zero-order valence-electron chi connectivity index (χ0n) is 16.2. The summed E-state index contributed by atoms with van der Waals surface area (Å²) in [7, 11) is 0. The summed E-state index contributed by atoms with van der Waals surface area (Å²) in [5.74, 6) is -1.35. The fourth-order valence-corrected chi connectivity index (χ4v) is 4.85. The summed E-state index contributed by atoms with van der Waals surface area (Å²) in [4.78, 5) is 25.4. The highest BCUT2D eigenvalue weighted by molar-refractivity contribution is 7.13. The van der Waals surface area contributed by atoms with Crippen LogP contribution in [0.3, 0.4) is 0 Å². The minimum absolute atomic E-state index is 0.114. The molecule has 158 valence electrons. The number of anilines is 1. The SMILES string of the molecule is N#Cc1cc(NC(=O)c2nsc3ccccc23)c2n1CC(=O)NC2c1cc(F)ccc1Cl. The smallest absolute Gasteiger partial charge is 0.276 e. The van der Waals surface area contributed by atoms with Crippen LogP contribution in [0.15, 0.2) is 48.5 Å². The Morgan fingerprint density at radius 1 is 1.31 bits per heavy atom. The molecule has 4 aromatic rings. The van der Waals surface area contributed by atoms with Crippen LogP contribution in [0.5, 0.6) is 0 Å². The standard InChI is InChI=1S/C22H13ClFN5O2S/c23-15-6-5-11(24)7-14(15)19-21-16(8-12(9-25)29(21)10-18(30)27-19)26-22(31)20-13-3-1-2-4-17(13)32-28-20/h1-8,19H,10H2,(H,26,31)(H,27,30). The van der Waals surface area contributed by atoms with E-state index in [0.717, 1.165) is 4.70 Å². The van der Waals surface area contributed by atoms with Gasteiger partial charge in [0.25, 0.3) is 5.91 Å². The van der Waals surface area contributed by atoms with Crippen LogP contribution < -0.4 is 10.6 Å². The first-order valence-corrected chi connectivity index (χ1v) is 10.6. The average Bonchev–Trinajstić information content (AvgIpc) is 3.36. The molecule has 0 aliphatic carbocycles. The van der Waals surface area contributed by atoms with Crippen LogP contribution in [0.1, 0.15) is 33.5 Å². The minimum atomic E-state index is -0.857. The molecule has 2 amide bonds. The Balaban J connectivity index is 1.62. The largest absolute Gasteiger partial charge is 0.342 e. The molecule has 2 aromatic heterocycles. The molecule has 2 aromatic carbocycles. The van der Waals surface area contributed by atoms with E-state index in [1.165, 1.54) is 40.4 Å². The van der Waals surface area contributed by atoms with Crippen molar-refractivity contribution in [2.24, 2.45) is 0 Å². The van der Waals surface area contributed by atoms with Crippen molar-refractivity contribution in [3.8, 4) is 6.07 Å². The number of nitriles is 1. The van der Waals surface area contributed by atoms with Gasteiger partial charge in [0.15, 0.2) is 0 Å². The molecule has 0 spiro atoms. The van der Waals surface area contributed by atoms with Crippen molar-refractivity contribution in [1.29, 1.82) is 5.26 Å². The number of benzene rings is 2. The topological polar surface area (TPSA) is 99.8 Å². The number of nitrogens with one attached hydrogen (secondary N) is 2. The first kappa shape index (κ1) is 20.2. The van der Waals surface area contributed by atoms with Crippen LogP contribution in [0.25, 0.3) is 10.1 Å². The molecule has 1 unspecified atom stereocenters. The van der Waals surface area contributed by atoms with Crippen molar-refractivity contribution >= 4 is 50.7 Å². The highest BCUT2D eigenvalue weighted by Gasteiger charge is 2.33. The van der Waals surface area contributed by atoms with E-state index < -0.39 is 17.8 Å². The summed E-state index contributed by atoms with van der Waals surface area (Å²) in [5.41, 5.74) is 1.50. The van der Waals surface area contributed by atoms with Gasteiger partial charge in [-0.3, -0.25) is 9.59 Å². The van der Waals surface area contributed by atoms with E-state index in [2.05, 4.69) is 15.0 Å². The van der Waals surface area contributed by atoms with Crippen molar-refractivity contribution in [1.82, 2.24) is 14.3 Å². The summed E-state index contributed by atoms with van der Waals surface area (Å²) < 4.78 is 20.6. The highest BCUT2D eigenvalue weighted by atomic mass is 35.5. The number of rotatable bonds is 3. The molecule has 0 radical (unpaired) electrons. The number of nitrogens with zero attached hydrogens (tertiary/aromatic N) is 3. The molecule has 1 aliphatic heterocycles. The average molecular weight is 466 g/mol. The monoisotopic (exact) mass is 465 g/mol. The minimum Gasteiger partial charge on any atom is -0.342 e. The van der Waals surface area contributed by atoms with Crippen molar-refractivity contribution < 1.29 is 14.0 Å². The second kappa shape index (κ2) is 7.75. The van der Waals surface area contributed by atoms with E-state index >= 15 is 0 Å². The fourth-order valence-electron chi connectivity index (χ4n) is 3.85. The second-order valence-corrected chi connectivity index (χ2v) is 8.39. The van der Waals surface area contributed by atoms with Gasteiger partial charge in [-0.25, -0.2) is 4.39 Å². The van der Waals surface area contributed by atoms with Crippen molar-refractivity contribution in [3.63, 3.8) is 0 Å². The van der Waals surface area contributed by atoms with Gasteiger partial charge in [0, 0.05) is 16.0 Å². The van der Waals surface area contributed by atoms with Crippen molar-refractivity contribution in [3.05, 3.63) is 82.0 Å². The molecule has 1 atom stereocenters. The summed E-state index contributed by atoms with van der Waals surface area (Å²) >= 11 is 7.51. The lowest BCUT2D eigenvalue weighted by molar-refractivity contribution is -0.123. The van der Waals surface area contributed by atoms with Gasteiger partial charge in [-0.2, -0.15) is 9.64 Å². The Bertz CT molecular complexity index is 1450. The first-order chi connectivity index (χ1) is 15.5. The number of hydrogen-bond acceptors (Lipinski definition) is 5. The van der Waals surface area contributed by atoms with Crippen LogP contribution in [0.4, 0.5) is 10.1 Å². The van der Waals surface area contributed by atoms with E-state index in [-0.39, 0.29) is 28.9 Å². The molecule has 10 heteroatoms. The third-order valence-corrected chi connectivity index (χ3v) is 6.41. The van der Waals surface area contributed by atoms with Crippen LogP contribution in [-0.2, 0) is 11.3 Å². The molecule has 0 saturated heterocycles. The third kappa shape index (κ3) is 3.30. The van der Waals surface area contributed by atoms with Crippen LogP contribution in [0.2, 0.25) is 5.02 Å². The quantitative estimate of drug-likeness (QED) is 0.472. The highest BCUT2D eigenvalue weighted by Crippen LogP contribution is 2.37. The summed E-state index contributed by atoms with van der Waals surface area (Å²) in [6.45, 7) is -0.114. The summed E-state index contributed by atoms with van der Waals surface area (Å²) in [6, 6.07) is 13.9. The predicted octanol–water partition coefficient (Wildman–Crippen LogP) is 4.23. The molecule has 0 bridgehead atoms. The Hall–Kier alpha value is -3.74. The number of fused-ring (bicyclic) bond motifs is 2. The number of amides is 2. The molecule has 32 heavy (non-hydrogen) atoms. The van der Waals surface area contributed by atoms with Crippen molar-refractivity contribution in [2.45, 2.75) is 12.6 Å². The molecule has 0 fully saturated rings. The van der Waals surface area contributed by atoms with Crippen LogP contribution >= 0.6 is 23.1 Å². The maximum atomic E-state index is 14.0. The lowest BCUT2D eigenvalue weighted by Crippen LogP contribution is -2.39. The molecule has 2 N–H and O–H groups in total. The summed E-state index contributed by atoms with van der Waals surface area (Å²) in [6.07, 6.45) is 0. The maximum Gasteiger partial charge on any atom is 0.276 e. The number of aromatic nitrogens is 2. The Morgan fingerprint density at radius 3 is 2.94 bits per heavy atom. The van der Waals surface area contributed by atoms with Gasteiger partial charge >= 0.3 is 0 Å². The van der Waals surface area contributed by atoms with E-state index in [4.69, 9.17) is 11.6 Å². The van der Waals surface area contributed by atoms with Gasteiger partial charge in [0.1, 0.15) is 29.8 Å². The van der Waals surface area contributed by atoms with E-state index in [0.29, 0.717) is 22.3 Å². The molecule has 1 aliphatic rings. The number of halogens is 2. The number of hydrogen-bond donors (Lipinski definition) is 2. The molecular formula is C22H13ClFN5O2S. The third-order valence-electron chi connectivity index (χ3n) is 5.24. The van der Waals surface area contributed by atoms with Gasteiger partial charge in [-0.1, -0.05) is 29.8 Å². The van der Waals surface area contributed by atoms with Crippen LogP contribution in [0, 0.1) is 17.1 Å². The summed E-state index contributed by atoms with van der Waals surface area (Å²) in [5, 5.41) is 16.1. The van der Waals surface area contributed by atoms with Gasteiger partial charge in [-0.05, 0) is 41.9 Å². The van der Waals surface area contributed by atoms with Gasteiger partial charge < -0.3 is 15.2 Å². The Kier molecular flexibility index (Phi) is 4.89. The number of carbonyl (C=O) groups is 2. The van der Waals surface area contributed by atoms with Gasteiger partial charge in [-0.15, -0.1) is 0 Å². The second-order valence-electron chi connectivity index (χ2n) is 7.17. The fraction of sp³-hybridized carbons (Fsp3) is 0.0909. The van der Waals surface area contributed by atoms with Crippen LogP contribution in [-0.4, -0.2) is 20.8 Å². The number of carbonyl (C=O) groups excluding carboxylic acids is 2. The molecular weight excluding hydrogens is 453 g/mol. The zero-order chi connectivity index (χ0) is 22.4. The lowest BCUT2D eigenvalue weighted by atomic mass is 10.0. The Labute approximate surface area is 190 Å². The van der Waals surface area contributed by atoms with Gasteiger partial charge in [0.2, 0.25) is 5.91 Å². The van der Waals surface area contributed by atoms with E-state index in [9.17, 15) is 19.2 Å². The Morgan fingerprint density at radius 2 is 2.12 bits per heavy atom. The lowest BCUT2D eigenvalue weighted by Gasteiger charge is -2.28. The molecule has 5 rings (SSSR count). The predicted molar refractivity (Wildman–Crippen MR) is 118 cm³/mol. The van der Waals surface area contributed by atoms with Crippen molar-refractivity contribution in [2.75, 3.05) is 5.32 Å². The zero-order valence-corrected chi connectivity index (χ0v) is 17.8. The van der Waals surface area contributed by atoms with E-state index in [1.807, 2.05) is 24.3 Å². The van der Waals surface area contributed by atoms with E-state index in [1.54, 1.807) is 6.07 Å². The van der Waals surface area contributed by atoms with Gasteiger partial charge in [0.05, 0.1) is 22.1 Å². The molecule has 0 saturated carbocycles. The first-order valence-electron chi connectivity index (χ1n) is 9.50. The maximum absolute atomic E-state index is 14.0.